The summed E-state index contributed by atoms with van der Waals surface area (Å²) in [5.74, 6) is 0. The summed E-state index contributed by atoms with van der Waals surface area (Å²) in [6.45, 7) is 0. The molecule has 4 aromatic carbocycles. The Morgan fingerprint density at radius 3 is 0.545 bits per heavy atom. The standard InChI is InChI=1S/2C10H8.2Mo/c2*1-2-6-10-8-4-3-7-9(10)5-1;;/h2*1-8H;;. The molecule has 0 aliphatic heterocycles. The van der Waals surface area contributed by atoms with Crippen molar-refractivity contribution >= 4 is 21.5 Å². The van der Waals surface area contributed by atoms with Crippen molar-refractivity contribution in [1.29, 1.82) is 0 Å². The van der Waals surface area contributed by atoms with Crippen molar-refractivity contribution in [3.05, 3.63) is 97.1 Å². The summed E-state index contributed by atoms with van der Waals surface area (Å²) in [7, 11) is 0. The van der Waals surface area contributed by atoms with Crippen molar-refractivity contribution in [2.24, 2.45) is 0 Å². The molecule has 22 heavy (non-hydrogen) atoms. The average Bonchev–Trinajstić information content (AvgIpc) is 2.56. The Morgan fingerprint density at radius 2 is 0.409 bits per heavy atom. The SMILES string of the molecule is [Mo].[Mo].c1ccc2ccccc2c1.c1ccc2ccccc2c1. The largest absolute Gasteiger partial charge is 0.0616 e. The molecule has 0 aliphatic rings. The Balaban J connectivity index is 0.000000202. The van der Waals surface area contributed by atoms with Crippen LogP contribution in [0, 0.1) is 0 Å². The third kappa shape index (κ3) is 4.91. The van der Waals surface area contributed by atoms with Crippen LogP contribution in [0.4, 0.5) is 0 Å². The number of hydrogen-bond acceptors (Lipinski definition) is 0. The van der Waals surface area contributed by atoms with Crippen molar-refractivity contribution in [3.63, 3.8) is 0 Å². The number of rotatable bonds is 0. The molecule has 0 unspecified atom stereocenters. The van der Waals surface area contributed by atoms with Crippen molar-refractivity contribution < 1.29 is 42.1 Å². The van der Waals surface area contributed by atoms with E-state index in [-0.39, 0.29) is 42.1 Å². The van der Waals surface area contributed by atoms with E-state index in [0.29, 0.717) is 0 Å². The van der Waals surface area contributed by atoms with Crippen molar-refractivity contribution in [1.82, 2.24) is 0 Å². The van der Waals surface area contributed by atoms with Gasteiger partial charge in [0.25, 0.3) is 0 Å². The van der Waals surface area contributed by atoms with E-state index in [2.05, 4.69) is 97.1 Å². The first-order chi connectivity index (χ1) is 9.93. The summed E-state index contributed by atoms with van der Waals surface area (Å²) in [4.78, 5) is 0. The van der Waals surface area contributed by atoms with Crippen molar-refractivity contribution in [3.8, 4) is 0 Å². The zero-order valence-corrected chi connectivity index (χ0v) is 16.1. The first-order valence-corrected chi connectivity index (χ1v) is 6.81. The summed E-state index contributed by atoms with van der Waals surface area (Å²) in [6.07, 6.45) is 0. The molecule has 0 fully saturated rings. The van der Waals surface area contributed by atoms with Gasteiger partial charge in [-0.2, -0.15) is 0 Å². The predicted octanol–water partition coefficient (Wildman–Crippen LogP) is 5.67. The van der Waals surface area contributed by atoms with Gasteiger partial charge in [0, 0.05) is 42.1 Å². The van der Waals surface area contributed by atoms with E-state index in [4.69, 9.17) is 0 Å². The van der Waals surface area contributed by atoms with Gasteiger partial charge in [0.15, 0.2) is 0 Å². The molecule has 0 N–H and O–H groups in total. The second kappa shape index (κ2) is 9.72. The number of hydrogen-bond donors (Lipinski definition) is 0. The van der Waals surface area contributed by atoms with E-state index in [1.807, 2.05) is 0 Å². The van der Waals surface area contributed by atoms with E-state index in [1.54, 1.807) is 0 Å². The molecule has 2 heteroatoms. The minimum absolute atomic E-state index is 0. The third-order valence-corrected chi connectivity index (χ3v) is 3.32. The molecule has 0 aliphatic carbocycles. The molecule has 0 radical (unpaired) electrons. The van der Waals surface area contributed by atoms with Gasteiger partial charge in [0.05, 0.1) is 0 Å². The van der Waals surface area contributed by atoms with Gasteiger partial charge < -0.3 is 0 Å². The zero-order valence-electron chi connectivity index (χ0n) is 12.1. The van der Waals surface area contributed by atoms with Gasteiger partial charge in [-0.15, -0.1) is 0 Å². The van der Waals surface area contributed by atoms with Gasteiger partial charge >= 0.3 is 0 Å². The molecule has 4 rings (SSSR count). The van der Waals surface area contributed by atoms with Gasteiger partial charge in [-0.3, -0.25) is 0 Å². The van der Waals surface area contributed by atoms with Gasteiger partial charge in [-0.25, -0.2) is 0 Å². The maximum absolute atomic E-state index is 2.12. The number of benzene rings is 4. The van der Waals surface area contributed by atoms with Crippen molar-refractivity contribution in [2.45, 2.75) is 0 Å². The van der Waals surface area contributed by atoms with E-state index < -0.39 is 0 Å². The summed E-state index contributed by atoms with van der Waals surface area (Å²) >= 11 is 0. The van der Waals surface area contributed by atoms with Crippen LogP contribution < -0.4 is 0 Å². The fraction of sp³-hybridized carbons (Fsp3) is 0. The van der Waals surface area contributed by atoms with Crippen LogP contribution in [0.2, 0.25) is 0 Å². The Labute approximate surface area is 160 Å². The molecule has 0 atom stereocenters. The summed E-state index contributed by atoms with van der Waals surface area (Å²) in [5, 5.41) is 5.24. The van der Waals surface area contributed by atoms with Gasteiger partial charge in [-0.05, 0) is 21.5 Å². The molecular formula is C20H16Mo2. The van der Waals surface area contributed by atoms with Crippen LogP contribution in [0.3, 0.4) is 0 Å². The van der Waals surface area contributed by atoms with Crippen LogP contribution in [-0.4, -0.2) is 0 Å². The normalized spacial score (nSPS) is 9.09. The Kier molecular flexibility index (Phi) is 8.32. The Bertz CT molecular complexity index is 623. The van der Waals surface area contributed by atoms with Crippen LogP contribution >= 0.6 is 0 Å². The van der Waals surface area contributed by atoms with Gasteiger partial charge in [0.1, 0.15) is 0 Å². The quantitative estimate of drug-likeness (QED) is 0.304. The minimum Gasteiger partial charge on any atom is -0.0616 e. The second-order valence-electron chi connectivity index (χ2n) is 4.69. The first-order valence-electron chi connectivity index (χ1n) is 6.81. The molecule has 0 saturated carbocycles. The fourth-order valence-electron chi connectivity index (χ4n) is 2.27. The molecule has 0 heterocycles. The Morgan fingerprint density at radius 1 is 0.273 bits per heavy atom. The van der Waals surface area contributed by atoms with Crippen LogP contribution in [-0.2, 0) is 42.1 Å². The maximum atomic E-state index is 2.12. The molecule has 4 aromatic rings. The van der Waals surface area contributed by atoms with E-state index in [9.17, 15) is 0 Å². The van der Waals surface area contributed by atoms with E-state index >= 15 is 0 Å². The molecular weight excluding hydrogens is 432 g/mol. The van der Waals surface area contributed by atoms with Crippen LogP contribution in [0.25, 0.3) is 21.5 Å². The molecule has 0 amide bonds. The van der Waals surface area contributed by atoms with Crippen LogP contribution in [0.1, 0.15) is 0 Å². The molecule has 108 valence electrons. The van der Waals surface area contributed by atoms with E-state index in [1.165, 1.54) is 21.5 Å². The number of fused-ring (bicyclic) bond motifs is 2. The zero-order chi connectivity index (χ0) is 13.6. The first kappa shape index (κ1) is 18.8. The molecule has 0 bridgehead atoms. The average molecular weight is 448 g/mol. The Hall–Kier alpha value is -1.22. The molecule has 0 saturated heterocycles. The van der Waals surface area contributed by atoms with E-state index in [0.717, 1.165) is 0 Å². The minimum atomic E-state index is 0. The smallest absolute Gasteiger partial charge is 0 e. The van der Waals surface area contributed by atoms with Gasteiger partial charge in [0.2, 0.25) is 0 Å². The molecule has 0 aromatic heterocycles. The summed E-state index contributed by atoms with van der Waals surface area (Å²) < 4.78 is 0. The van der Waals surface area contributed by atoms with Crippen molar-refractivity contribution in [2.75, 3.05) is 0 Å². The molecule has 0 spiro atoms. The van der Waals surface area contributed by atoms with Crippen LogP contribution in [0.15, 0.2) is 97.1 Å². The maximum Gasteiger partial charge on any atom is 0 e. The third-order valence-electron chi connectivity index (χ3n) is 3.32. The monoisotopic (exact) mass is 452 g/mol. The summed E-state index contributed by atoms with van der Waals surface area (Å²) in [6, 6.07) is 33.4. The second-order valence-corrected chi connectivity index (χ2v) is 4.69. The predicted molar refractivity (Wildman–Crippen MR) is 87.9 cm³/mol. The summed E-state index contributed by atoms with van der Waals surface area (Å²) in [5.41, 5.74) is 0. The fourth-order valence-corrected chi connectivity index (χ4v) is 2.27. The topological polar surface area (TPSA) is 0 Å². The van der Waals surface area contributed by atoms with Crippen LogP contribution in [0.5, 0.6) is 0 Å². The van der Waals surface area contributed by atoms with Gasteiger partial charge in [-0.1, -0.05) is 97.1 Å². The molecule has 0 nitrogen and oxygen atoms in total.